The summed E-state index contributed by atoms with van der Waals surface area (Å²) in [7, 11) is 0. The smallest absolute Gasteiger partial charge is 0.250 e. The van der Waals surface area contributed by atoms with Crippen LogP contribution in [0.25, 0.3) is 5.95 Å². The molecule has 0 aromatic carbocycles. The highest BCUT2D eigenvalue weighted by Gasteiger charge is 2.24. The maximum atomic E-state index is 4.45. The summed E-state index contributed by atoms with van der Waals surface area (Å²) in [6, 6.07) is 2.25. The van der Waals surface area contributed by atoms with Gasteiger partial charge >= 0.3 is 0 Å². The second kappa shape index (κ2) is 4.86. The van der Waals surface area contributed by atoms with Crippen LogP contribution in [0.4, 0.5) is 0 Å². The lowest BCUT2D eigenvalue weighted by molar-refractivity contribution is 0.466. The molecule has 0 saturated heterocycles. The van der Waals surface area contributed by atoms with Crippen LogP contribution >= 0.6 is 0 Å². The van der Waals surface area contributed by atoms with E-state index in [2.05, 4.69) is 27.3 Å². The van der Waals surface area contributed by atoms with E-state index in [-0.39, 0.29) is 0 Å². The molecule has 5 heteroatoms. The second-order valence-corrected chi connectivity index (χ2v) is 4.51. The molecule has 0 bridgehead atoms. The van der Waals surface area contributed by atoms with Gasteiger partial charge < -0.3 is 5.32 Å². The van der Waals surface area contributed by atoms with Gasteiger partial charge in [0.25, 0.3) is 5.95 Å². The molecule has 2 aromatic heterocycles. The molecule has 2 heterocycles. The van der Waals surface area contributed by atoms with Crippen LogP contribution in [0.2, 0.25) is 0 Å². The Morgan fingerprint density at radius 2 is 2.22 bits per heavy atom. The van der Waals surface area contributed by atoms with E-state index in [0.29, 0.717) is 12.0 Å². The van der Waals surface area contributed by atoms with Gasteiger partial charge in [0.1, 0.15) is 0 Å². The summed E-state index contributed by atoms with van der Waals surface area (Å²) in [5.41, 5.74) is 2.55. The molecular formula is C13H17N5. The van der Waals surface area contributed by atoms with Gasteiger partial charge in [-0.15, -0.1) is 0 Å². The van der Waals surface area contributed by atoms with Crippen LogP contribution in [0.15, 0.2) is 24.7 Å². The third-order valence-electron chi connectivity index (χ3n) is 3.38. The van der Waals surface area contributed by atoms with Crippen molar-refractivity contribution in [3.63, 3.8) is 0 Å². The number of nitrogens with one attached hydrogen (secondary N) is 1. The molecule has 0 radical (unpaired) electrons. The number of nitrogens with zero attached hydrogens (tertiary/aromatic N) is 4. The Bertz CT molecular complexity index is 519. The van der Waals surface area contributed by atoms with E-state index < -0.39 is 0 Å². The van der Waals surface area contributed by atoms with Gasteiger partial charge in [-0.05, 0) is 31.9 Å². The maximum absolute atomic E-state index is 4.45. The van der Waals surface area contributed by atoms with Crippen molar-refractivity contribution >= 4 is 0 Å². The fraction of sp³-hybridized carbons (Fsp3) is 0.462. The SMILES string of the molecule is CCNC1CCCc2c1cnn2-c1ncccn1. The van der Waals surface area contributed by atoms with Crippen molar-refractivity contribution in [1.82, 2.24) is 25.1 Å². The largest absolute Gasteiger partial charge is 0.310 e. The van der Waals surface area contributed by atoms with Gasteiger partial charge in [0.2, 0.25) is 0 Å². The van der Waals surface area contributed by atoms with E-state index in [0.717, 1.165) is 13.0 Å². The van der Waals surface area contributed by atoms with E-state index in [9.17, 15) is 0 Å². The number of hydrogen-bond acceptors (Lipinski definition) is 4. The molecule has 1 aliphatic rings. The predicted molar refractivity (Wildman–Crippen MR) is 68.5 cm³/mol. The van der Waals surface area contributed by atoms with Gasteiger partial charge in [-0.3, -0.25) is 0 Å². The summed E-state index contributed by atoms with van der Waals surface area (Å²) in [4.78, 5) is 8.54. The Labute approximate surface area is 106 Å². The lowest BCUT2D eigenvalue weighted by Crippen LogP contribution is -2.25. The van der Waals surface area contributed by atoms with Gasteiger partial charge in [0.05, 0.1) is 11.9 Å². The van der Waals surface area contributed by atoms with Crippen LogP contribution in [-0.2, 0) is 6.42 Å². The van der Waals surface area contributed by atoms with Crippen LogP contribution in [0, 0.1) is 0 Å². The molecule has 1 N–H and O–H groups in total. The molecule has 0 amide bonds. The summed E-state index contributed by atoms with van der Waals surface area (Å²) in [5, 5.41) is 7.96. The van der Waals surface area contributed by atoms with E-state index >= 15 is 0 Å². The number of fused-ring (bicyclic) bond motifs is 1. The molecule has 0 saturated carbocycles. The minimum Gasteiger partial charge on any atom is -0.310 e. The van der Waals surface area contributed by atoms with Crippen LogP contribution in [0.3, 0.4) is 0 Å². The molecule has 0 spiro atoms. The number of hydrogen-bond donors (Lipinski definition) is 1. The first-order valence-electron chi connectivity index (χ1n) is 6.47. The first-order chi connectivity index (χ1) is 8.90. The fourth-order valence-electron chi connectivity index (χ4n) is 2.59. The predicted octanol–water partition coefficient (Wildman–Crippen LogP) is 1.65. The Balaban J connectivity index is 2.00. The van der Waals surface area contributed by atoms with E-state index in [1.54, 1.807) is 12.4 Å². The monoisotopic (exact) mass is 243 g/mol. The number of aromatic nitrogens is 4. The lowest BCUT2D eigenvalue weighted by atomic mass is 9.93. The Morgan fingerprint density at radius 1 is 1.39 bits per heavy atom. The third-order valence-corrected chi connectivity index (χ3v) is 3.38. The number of rotatable bonds is 3. The highest BCUT2D eigenvalue weighted by atomic mass is 15.3. The molecule has 5 nitrogen and oxygen atoms in total. The zero-order valence-corrected chi connectivity index (χ0v) is 10.5. The van der Waals surface area contributed by atoms with Crippen molar-refractivity contribution in [2.75, 3.05) is 6.54 Å². The minimum atomic E-state index is 0.427. The van der Waals surface area contributed by atoms with Crippen molar-refractivity contribution < 1.29 is 0 Å². The van der Waals surface area contributed by atoms with Crippen molar-refractivity contribution in [1.29, 1.82) is 0 Å². The first-order valence-corrected chi connectivity index (χ1v) is 6.47. The van der Waals surface area contributed by atoms with E-state index in [1.165, 1.54) is 24.1 Å². The lowest BCUT2D eigenvalue weighted by Gasteiger charge is -2.23. The fourth-order valence-corrected chi connectivity index (χ4v) is 2.59. The Hall–Kier alpha value is -1.75. The molecule has 18 heavy (non-hydrogen) atoms. The summed E-state index contributed by atoms with van der Waals surface area (Å²) in [5.74, 6) is 0.663. The molecule has 94 valence electrons. The molecule has 3 rings (SSSR count). The second-order valence-electron chi connectivity index (χ2n) is 4.51. The van der Waals surface area contributed by atoms with Gasteiger partial charge in [-0.2, -0.15) is 5.10 Å². The summed E-state index contributed by atoms with van der Waals surface area (Å²) in [6.45, 7) is 3.12. The molecule has 1 aliphatic carbocycles. The molecule has 0 fully saturated rings. The van der Waals surface area contributed by atoms with Crippen molar-refractivity contribution in [3.8, 4) is 5.95 Å². The normalized spacial score (nSPS) is 18.6. The van der Waals surface area contributed by atoms with Crippen LogP contribution in [0.5, 0.6) is 0 Å². The van der Waals surface area contributed by atoms with Crippen LogP contribution < -0.4 is 5.32 Å². The summed E-state index contributed by atoms with van der Waals surface area (Å²) < 4.78 is 1.87. The molecular weight excluding hydrogens is 226 g/mol. The highest BCUT2D eigenvalue weighted by molar-refractivity contribution is 5.29. The average molecular weight is 243 g/mol. The van der Waals surface area contributed by atoms with Crippen LogP contribution in [0.1, 0.15) is 37.1 Å². The maximum Gasteiger partial charge on any atom is 0.250 e. The Kier molecular flexibility index (Phi) is 3.06. The van der Waals surface area contributed by atoms with Gasteiger partial charge in [0, 0.05) is 24.0 Å². The standard InChI is InChI=1S/C13H17N5/c1-2-14-11-5-3-6-12-10(11)9-17-18(12)13-15-7-4-8-16-13/h4,7-9,11,14H,2-3,5-6H2,1H3. The van der Waals surface area contributed by atoms with Gasteiger partial charge in [0.15, 0.2) is 0 Å². The average Bonchev–Trinajstić information content (AvgIpc) is 2.85. The zero-order valence-electron chi connectivity index (χ0n) is 10.5. The zero-order chi connectivity index (χ0) is 12.4. The quantitative estimate of drug-likeness (QED) is 0.890. The van der Waals surface area contributed by atoms with Gasteiger partial charge in [-0.25, -0.2) is 14.6 Å². The van der Waals surface area contributed by atoms with E-state index in [1.807, 2.05) is 16.9 Å². The minimum absolute atomic E-state index is 0.427. The van der Waals surface area contributed by atoms with Crippen molar-refractivity contribution in [2.45, 2.75) is 32.2 Å². The molecule has 2 aromatic rings. The van der Waals surface area contributed by atoms with Crippen molar-refractivity contribution in [2.24, 2.45) is 0 Å². The molecule has 1 atom stereocenters. The van der Waals surface area contributed by atoms with Gasteiger partial charge in [-0.1, -0.05) is 6.92 Å². The summed E-state index contributed by atoms with van der Waals surface area (Å²) >= 11 is 0. The highest BCUT2D eigenvalue weighted by Crippen LogP contribution is 2.30. The van der Waals surface area contributed by atoms with Crippen LogP contribution in [-0.4, -0.2) is 26.3 Å². The van der Waals surface area contributed by atoms with E-state index in [4.69, 9.17) is 0 Å². The molecule has 0 aliphatic heterocycles. The molecule has 1 unspecified atom stereocenters. The van der Waals surface area contributed by atoms with Crippen molar-refractivity contribution in [3.05, 3.63) is 35.9 Å². The topological polar surface area (TPSA) is 55.6 Å². The Morgan fingerprint density at radius 3 is 3.00 bits per heavy atom. The third kappa shape index (κ3) is 1.90. The first kappa shape index (κ1) is 11.3. The summed E-state index contributed by atoms with van der Waals surface area (Å²) in [6.07, 6.45) is 8.88.